The number of nitrogens with zero attached hydrogens (tertiary/aromatic N) is 4. The van der Waals surface area contributed by atoms with E-state index in [1.807, 2.05) is 19.1 Å². The maximum Gasteiger partial charge on any atom is 0.209 e. The van der Waals surface area contributed by atoms with E-state index < -0.39 is 0 Å². The molecule has 1 aromatic carbocycles. The van der Waals surface area contributed by atoms with Crippen LogP contribution in [0, 0.1) is 6.92 Å². The molecule has 0 unspecified atom stereocenters. The molecule has 2 aromatic rings. The van der Waals surface area contributed by atoms with E-state index in [1.54, 1.807) is 30.7 Å². The Morgan fingerprint density at radius 3 is 2.62 bits per heavy atom. The smallest absolute Gasteiger partial charge is 0.209 e. The summed E-state index contributed by atoms with van der Waals surface area (Å²) in [5.74, 6) is 2.20. The molecule has 8 heteroatoms. The molecule has 0 atom stereocenters. The largest absolute Gasteiger partial charge is 0.493 e. The van der Waals surface area contributed by atoms with Gasteiger partial charge in [0.2, 0.25) is 5.16 Å². The predicted octanol–water partition coefficient (Wildman–Crippen LogP) is 1.25. The molecule has 114 valence electrons. The zero-order valence-electron chi connectivity index (χ0n) is 12.4. The number of aryl methyl sites for hydroxylation is 1. The molecule has 0 fully saturated rings. The molecule has 2 N–H and O–H groups in total. The van der Waals surface area contributed by atoms with Crippen molar-refractivity contribution in [2.75, 3.05) is 20.8 Å². The van der Waals surface area contributed by atoms with Gasteiger partial charge in [0.15, 0.2) is 11.5 Å². The lowest BCUT2D eigenvalue weighted by atomic mass is 10.1. The molecular formula is C13H19N5O2S. The van der Waals surface area contributed by atoms with Gasteiger partial charge >= 0.3 is 0 Å². The van der Waals surface area contributed by atoms with E-state index in [0.717, 1.165) is 33.5 Å². The second kappa shape index (κ2) is 7.28. The van der Waals surface area contributed by atoms with E-state index in [9.17, 15) is 0 Å². The van der Waals surface area contributed by atoms with Gasteiger partial charge in [0.1, 0.15) is 0 Å². The maximum atomic E-state index is 5.53. The standard InChI is InChI=1S/C13H19N5O2S/c1-9-6-11(19-2)12(20-3)7-10(9)8-21-13-15-16-17-18(13)5-4-14/h6-7H,4-5,8,14H2,1-3H3. The van der Waals surface area contributed by atoms with Gasteiger partial charge < -0.3 is 15.2 Å². The van der Waals surface area contributed by atoms with Crippen molar-refractivity contribution in [2.24, 2.45) is 5.73 Å². The fourth-order valence-corrected chi connectivity index (χ4v) is 2.85. The molecule has 1 aromatic heterocycles. The number of rotatable bonds is 7. The minimum Gasteiger partial charge on any atom is -0.493 e. The number of nitrogens with two attached hydrogens (primary N) is 1. The zero-order valence-corrected chi connectivity index (χ0v) is 13.2. The third-order valence-corrected chi connectivity index (χ3v) is 4.04. The van der Waals surface area contributed by atoms with Gasteiger partial charge in [0.05, 0.1) is 20.8 Å². The minimum absolute atomic E-state index is 0.508. The second-order valence-electron chi connectivity index (χ2n) is 4.40. The van der Waals surface area contributed by atoms with Crippen LogP contribution in [0.2, 0.25) is 0 Å². The molecule has 0 bridgehead atoms. The van der Waals surface area contributed by atoms with Crippen molar-refractivity contribution in [2.45, 2.75) is 24.4 Å². The average Bonchev–Trinajstić information content (AvgIpc) is 2.93. The Labute approximate surface area is 127 Å². The van der Waals surface area contributed by atoms with Crippen molar-refractivity contribution in [3.05, 3.63) is 23.3 Å². The summed E-state index contributed by atoms with van der Waals surface area (Å²) >= 11 is 1.57. The van der Waals surface area contributed by atoms with E-state index in [-0.39, 0.29) is 0 Å². The lowest BCUT2D eigenvalue weighted by Gasteiger charge is -2.12. The van der Waals surface area contributed by atoms with Crippen molar-refractivity contribution in [1.29, 1.82) is 0 Å². The van der Waals surface area contributed by atoms with E-state index in [2.05, 4.69) is 15.5 Å². The van der Waals surface area contributed by atoms with Crippen LogP contribution in [0.3, 0.4) is 0 Å². The van der Waals surface area contributed by atoms with E-state index in [4.69, 9.17) is 15.2 Å². The first-order valence-electron chi connectivity index (χ1n) is 6.50. The van der Waals surface area contributed by atoms with Gasteiger partial charge in [-0.3, -0.25) is 0 Å². The topological polar surface area (TPSA) is 88.1 Å². The Kier molecular flexibility index (Phi) is 5.40. The third-order valence-electron chi connectivity index (χ3n) is 3.04. The van der Waals surface area contributed by atoms with Crippen LogP contribution >= 0.6 is 11.8 Å². The number of aromatic nitrogens is 4. The molecule has 7 nitrogen and oxygen atoms in total. The van der Waals surface area contributed by atoms with Crippen LogP contribution in [-0.4, -0.2) is 41.0 Å². The highest BCUT2D eigenvalue weighted by atomic mass is 32.2. The monoisotopic (exact) mass is 309 g/mol. The summed E-state index contributed by atoms with van der Waals surface area (Å²) in [6.07, 6.45) is 0. The lowest BCUT2D eigenvalue weighted by molar-refractivity contribution is 0.354. The molecule has 1 heterocycles. The SMILES string of the molecule is COc1cc(C)c(CSc2nnnn2CCN)cc1OC. The average molecular weight is 309 g/mol. The van der Waals surface area contributed by atoms with Gasteiger partial charge in [-0.2, -0.15) is 0 Å². The van der Waals surface area contributed by atoms with Crippen molar-refractivity contribution >= 4 is 11.8 Å². The number of hydrogen-bond donors (Lipinski definition) is 1. The molecule has 0 aliphatic rings. The van der Waals surface area contributed by atoms with Gasteiger partial charge in [-0.15, -0.1) is 5.10 Å². The van der Waals surface area contributed by atoms with Gasteiger partial charge in [0.25, 0.3) is 0 Å². The van der Waals surface area contributed by atoms with Crippen LogP contribution in [-0.2, 0) is 12.3 Å². The van der Waals surface area contributed by atoms with Crippen molar-refractivity contribution in [1.82, 2.24) is 20.2 Å². The third kappa shape index (κ3) is 3.64. The summed E-state index contributed by atoms with van der Waals surface area (Å²) in [5.41, 5.74) is 7.82. The summed E-state index contributed by atoms with van der Waals surface area (Å²) in [6, 6.07) is 3.95. The number of thioether (sulfide) groups is 1. The number of ether oxygens (including phenoxy) is 2. The summed E-state index contributed by atoms with van der Waals surface area (Å²) in [5, 5.41) is 12.4. The highest BCUT2D eigenvalue weighted by Crippen LogP contribution is 2.32. The maximum absolute atomic E-state index is 5.53. The molecule has 0 aliphatic carbocycles. The second-order valence-corrected chi connectivity index (χ2v) is 5.34. The summed E-state index contributed by atoms with van der Waals surface area (Å²) in [4.78, 5) is 0. The fourth-order valence-electron chi connectivity index (χ4n) is 1.88. The number of benzene rings is 1. The minimum atomic E-state index is 0.508. The highest BCUT2D eigenvalue weighted by molar-refractivity contribution is 7.98. The number of methoxy groups -OCH3 is 2. The quantitative estimate of drug-likeness (QED) is 0.770. The molecular weight excluding hydrogens is 290 g/mol. The molecule has 0 radical (unpaired) electrons. The van der Waals surface area contributed by atoms with Gasteiger partial charge in [-0.25, -0.2) is 4.68 Å². The molecule has 0 aliphatic heterocycles. The summed E-state index contributed by atoms with van der Waals surface area (Å²) in [7, 11) is 3.26. The first kappa shape index (κ1) is 15.6. The molecule has 0 spiro atoms. The van der Waals surface area contributed by atoms with E-state index in [1.165, 1.54) is 0 Å². The van der Waals surface area contributed by atoms with Crippen molar-refractivity contribution in [3.8, 4) is 11.5 Å². The van der Waals surface area contributed by atoms with Gasteiger partial charge in [0, 0.05) is 12.3 Å². The highest BCUT2D eigenvalue weighted by Gasteiger charge is 2.11. The van der Waals surface area contributed by atoms with Crippen LogP contribution in [0.25, 0.3) is 0 Å². The first-order valence-corrected chi connectivity index (χ1v) is 7.48. The normalized spacial score (nSPS) is 10.7. The Morgan fingerprint density at radius 1 is 1.24 bits per heavy atom. The molecule has 0 saturated carbocycles. The van der Waals surface area contributed by atoms with Crippen molar-refractivity contribution < 1.29 is 9.47 Å². The van der Waals surface area contributed by atoms with E-state index in [0.29, 0.717) is 13.1 Å². The Balaban J connectivity index is 2.14. The summed E-state index contributed by atoms with van der Waals surface area (Å²) in [6.45, 7) is 3.16. The van der Waals surface area contributed by atoms with Gasteiger partial charge in [-0.05, 0) is 40.6 Å². The van der Waals surface area contributed by atoms with Crippen LogP contribution in [0.15, 0.2) is 17.3 Å². The van der Waals surface area contributed by atoms with Crippen molar-refractivity contribution in [3.63, 3.8) is 0 Å². The van der Waals surface area contributed by atoms with Crippen LogP contribution in [0.1, 0.15) is 11.1 Å². The number of hydrogen-bond acceptors (Lipinski definition) is 7. The number of tetrazole rings is 1. The molecule has 0 saturated heterocycles. The Hall–Kier alpha value is -1.80. The zero-order chi connectivity index (χ0) is 15.2. The molecule has 21 heavy (non-hydrogen) atoms. The first-order chi connectivity index (χ1) is 10.2. The lowest BCUT2D eigenvalue weighted by Crippen LogP contribution is -2.12. The van der Waals surface area contributed by atoms with Crippen LogP contribution in [0.4, 0.5) is 0 Å². The fraction of sp³-hybridized carbons (Fsp3) is 0.462. The predicted molar refractivity (Wildman–Crippen MR) is 80.7 cm³/mol. The Bertz CT molecular complexity index is 602. The van der Waals surface area contributed by atoms with Gasteiger partial charge in [-0.1, -0.05) is 11.8 Å². The van der Waals surface area contributed by atoms with E-state index >= 15 is 0 Å². The summed E-state index contributed by atoms with van der Waals surface area (Å²) < 4.78 is 12.3. The molecule has 2 rings (SSSR count). The molecule has 0 amide bonds. The Morgan fingerprint density at radius 2 is 1.95 bits per heavy atom. The van der Waals surface area contributed by atoms with Crippen LogP contribution in [0.5, 0.6) is 11.5 Å². The van der Waals surface area contributed by atoms with Crippen LogP contribution < -0.4 is 15.2 Å².